The van der Waals surface area contributed by atoms with Gasteiger partial charge in [0.2, 0.25) is 11.8 Å². The van der Waals surface area contributed by atoms with Gasteiger partial charge >= 0.3 is 7.60 Å². The van der Waals surface area contributed by atoms with Gasteiger partial charge in [-0.2, -0.15) is 0 Å². The molecule has 1 fully saturated rings. The average molecular weight is 426 g/mol. The predicted octanol–water partition coefficient (Wildman–Crippen LogP) is 5.10. The van der Waals surface area contributed by atoms with Crippen LogP contribution in [0.25, 0.3) is 0 Å². The summed E-state index contributed by atoms with van der Waals surface area (Å²) in [7, 11) is -2.89. The molecule has 2 atom stereocenters. The summed E-state index contributed by atoms with van der Waals surface area (Å²) in [5.41, 5.74) is 0. The maximum absolute atomic E-state index is 12.4. The minimum Gasteiger partial charge on any atom is -0.309 e. The molecule has 7 heteroatoms. The zero-order valence-corrected chi connectivity index (χ0v) is 18.8. The molecule has 6 nitrogen and oxygen atoms in total. The second kappa shape index (κ2) is 12.5. The molecule has 0 N–H and O–H groups in total. The van der Waals surface area contributed by atoms with Crippen molar-refractivity contribution in [3.8, 4) is 0 Å². The van der Waals surface area contributed by atoms with Crippen LogP contribution in [-0.2, 0) is 23.2 Å². The number of rotatable bonds is 15. The Kier molecular flexibility index (Phi) is 10.3. The van der Waals surface area contributed by atoms with Gasteiger partial charge in [0.05, 0.1) is 31.2 Å². The summed E-state index contributed by atoms with van der Waals surface area (Å²) in [5.74, 6) is -0.657. The lowest BCUT2D eigenvalue weighted by molar-refractivity contribution is -0.139. The Balaban J connectivity index is 1.50. The second-order valence-corrected chi connectivity index (χ2v) is 9.83. The first-order chi connectivity index (χ1) is 14.0. The highest BCUT2D eigenvalue weighted by atomic mass is 31.2. The fourth-order valence-corrected chi connectivity index (χ4v) is 5.69. The summed E-state index contributed by atoms with van der Waals surface area (Å²) in [6.07, 6.45) is 16.2. The summed E-state index contributed by atoms with van der Waals surface area (Å²) < 4.78 is 23.0. The summed E-state index contributed by atoms with van der Waals surface area (Å²) in [4.78, 5) is 26.2. The lowest BCUT2D eigenvalue weighted by Gasteiger charge is -2.16. The Morgan fingerprint density at radius 2 is 1.24 bits per heavy atom. The van der Waals surface area contributed by atoms with Gasteiger partial charge in [0.25, 0.3) is 0 Å². The van der Waals surface area contributed by atoms with Crippen LogP contribution in [0.3, 0.4) is 0 Å². The number of hydrogen-bond donors (Lipinski definition) is 0. The molecule has 0 bridgehead atoms. The molecular weight excluding hydrogens is 389 g/mol. The van der Waals surface area contributed by atoms with Crippen molar-refractivity contribution >= 4 is 19.4 Å². The molecule has 2 aliphatic rings. The Bertz CT molecular complexity index is 605. The molecule has 1 aliphatic heterocycles. The predicted molar refractivity (Wildman–Crippen MR) is 115 cm³/mol. The van der Waals surface area contributed by atoms with Crippen molar-refractivity contribution < 1.29 is 23.2 Å². The molecule has 1 saturated heterocycles. The number of carbonyl (C=O) groups excluding carboxylic acids is 2. The molecule has 0 saturated carbocycles. The lowest BCUT2D eigenvalue weighted by Crippen LogP contribution is -2.31. The van der Waals surface area contributed by atoms with E-state index in [0.29, 0.717) is 25.9 Å². The molecule has 0 radical (unpaired) electrons. The van der Waals surface area contributed by atoms with Crippen LogP contribution in [0.2, 0.25) is 0 Å². The lowest BCUT2D eigenvalue weighted by atomic mass is 9.91. The fraction of sp³-hybridized carbons (Fsp3) is 0.727. The first kappa shape index (κ1) is 24.0. The van der Waals surface area contributed by atoms with Crippen LogP contribution >= 0.6 is 7.60 Å². The number of fused-ring (bicyclic) bond motifs is 1. The molecule has 0 spiro atoms. The first-order valence-corrected chi connectivity index (χ1v) is 12.8. The van der Waals surface area contributed by atoms with Gasteiger partial charge in [-0.3, -0.25) is 19.1 Å². The van der Waals surface area contributed by atoms with Crippen LogP contribution in [0.4, 0.5) is 0 Å². The molecule has 164 valence electrons. The maximum Gasteiger partial charge on any atom is 0.330 e. The van der Waals surface area contributed by atoms with E-state index in [-0.39, 0.29) is 23.7 Å². The molecule has 2 amide bonds. The number of likely N-dealkylation sites (tertiary alicyclic amines) is 1. The Hall–Kier alpha value is -1.23. The van der Waals surface area contributed by atoms with E-state index >= 15 is 0 Å². The Labute approximate surface area is 175 Å². The van der Waals surface area contributed by atoms with E-state index in [9.17, 15) is 14.2 Å². The van der Waals surface area contributed by atoms with E-state index in [1.807, 2.05) is 38.2 Å². The number of imide groups is 1. The molecule has 0 aromatic carbocycles. The first-order valence-electron chi connectivity index (χ1n) is 11.1. The van der Waals surface area contributed by atoms with Crippen molar-refractivity contribution in [1.29, 1.82) is 0 Å². The van der Waals surface area contributed by atoms with Crippen molar-refractivity contribution in [2.75, 3.05) is 25.9 Å². The molecule has 29 heavy (non-hydrogen) atoms. The van der Waals surface area contributed by atoms with E-state index in [0.717, 1.165) is 51.4 Å². The molecule has 1 heterocycles. The number of hydrogen-bond acceptors (Lipinski definition) is 5. The van der Waals surface area contributed by atoms with Crippen LogP contribution < -0.4 is 0 Å². The van der Waals surface area contributed by atoms with Crippen LogP contribution in [0.15, 0.2) is 24.3 Å². The summed E-state index contributed by atoms with van der Waals surface area (Å²) in [6, 6.07) is 0. The maximum atomic E-state index is 12.4. The topological polar surface area (TPSA) is 72.9 Å². The third-order valence-electron chi connectivity index (χ3n) is 5.45. The van der Waals surface area contributed by atoms with Crippen LogP contribution in [0.5, 0.6) is 0 Å². The number of unbranched alkanes of at least 4 members (excludes halogenated alkanes) is 7. The van der Waals surface area contributed by atoms with Crippen LogP contribution in [0.1, 0.15) is 65.2 Å². The number of amides is 2. The van der Waals surface area contributed by atoms with E-state index in [1.165, 1.54) is 4.90 Å². The Morgan fingerprint density at radius 1 is 0.793 bits per heavy atom. The summed E-state index contributed by atoms with van der Waals surface area (Å²) >= 11 is 0. The zero-order valence-electron chi connectivity index (χ0n) is 17.9. The van der Waals surface area contributed by atoms with Gasteiger partial charge in [0, 0.05) is 6.54 Å². The molecule has 2 unspecified atom stereocenters. The molecule has 2 rings (SSSR count). The van der Waals surface area contributed by atoms with Crippen molar-refractivity contribution in [1.82, 2.24) is 4.90 Å². The summed E-state index contributed by atoms with van der Waals surface area (Å²) in [5, 5.41) is 0. The number of allylic oxidation sites excluding steroid dienone is 2. The van der Waals surface area contributed by atoms with Gasteiger partial charge in [0.1, 0.15) is 0 Å². The summed E-state index contributed by atoms with van der Waals surface area (Å²) in [6.45, 7) is 5.04. The van der Waals surface area contributed by atoms with Crippen LogP contribution in [-0.4, -0.2) is 42.6 Å². The van der Waals surface area contributed by atoms with Crippen LogP contribution in [0, 0.1) is 11.8 Å². The van der Waals surface area contributed by atoms with Gasteiger partial charge < -0.3 is 9.05 Å². The molecule has 0 aromatic heterocycles. The van der Waals surface area contributed by atoms with E-state index in [2.05, 4.69) is 0 Å². The monoisotopic (exact) mass is 425 g/mol. The molecule has 1 aliphatic carbocycles. The number of carbonyl (C=O) groups is 2. The van der Waals surface area contributed by atoms with E-state index < -0.39 is 7.60 Å². The van der Waals surface area contributed by atoms with Gasteiger partial charge in [-0.15, -0.1) is 0 Å². The van der Waals surface area contributed by atoms with E-state index in [4.69, 9.17) is 9.05 Å². The molecule has 0 aromatic rings. The SMILES string of the molecule is CCOP(=O)(CCCCCCCCCCN1C(=O)C2C=CC=CC2C1=O)OCC. The van der Waals surface area contributed by atoms with Gasteiger partial charge in [-0.05, 0) is 26.7 Å². The minimum absolute atomic E-state index is 0.0444. The average Bonchev–Trinajstić information content (AvgIpc) is 2.94. The van der Waals surface area contributed by atoms with Crippen molar-refractivity contribution in [3.63, 3.8) is 0 Å². The normalized spacial score (nSPS) is 21.2. The van der Waals surface area contributed by atoms with Crippen molar-refractivity contribution in [3.05, 3.63) is 24.3 Å². The third-order valence-corrected chi connectivity index (χ3v) is 7.62. The second-order valence-electron chi connectivity index (χ2n) is 7.65. The highest BCUT2D eigenvalue weighted by molar-refractivity contribution is 7.53. The van der Waals surface area contributed by atoms with Gasteiger partial charge in [-0.25, -0.2) is 0 Å². The van der Waals surface area contributed by atoms with Gasteiger partial charge in [-0.1, -0.05) is 62.8 Å². The zero-order chi connectivity index (χ0) is 21.1. The number of nitrogens with zero attached hydrogens (tertiary/aromatic N) is 1. The standard InChI is InChI=1S/C22H36NO5P/c1-3-27-29(26,28-4-2)18-14-10-8-6-5-7-9-13-17-23-21(24)19-15-11-12-16-20(19)22(23)25/h11-12,15-16,19-20H,3-10,13-14,17-18H2,1-2H3. The fourth-order valence-electron chi connectivity index (χ4n) is 3.96. The highest BCUT2D eigenvalue weighted by Gasteiger charge is 2.44. The molecular formula is C22H36NO5P. The Morgan fingerprint density at radius 3 is 1.72 bits per heavy atom. The highest BCUT2D eigenvalue weighted by Crippen LogP contribution is 2.48. The smallest absolute Gasteiger partial charge is 0.309 e. The third kappa shape index (κ3) is 7.20. The van der Waals surface area contributed by atoms with Crippen molar-refractivity contribution in [2.24, 2.45) is 11.8 Å². The minimum atomic E-state index is -2.89. The quantitative estimate of drug-likeness (QED) is 0.207. The van der Waals surface area contributed by atoms with Crippen molar-refractivity contribution in [2.45, 2.75) is 65.2 Å². The van der Waals surface area contributed by atoms with Gasteiger partial charge in [0.15, 0.2) is 0 Å². The van der Waals surface area contributed by atoms with E-state index in [1.54, 1.807) is 0 Å². The largest absolute Gasteiger partial charge is 0.330 e.